The fraction of sp³-hybridized carbons (Fsp3) is 0.217. The summed E-state index contributed by atoms with van der Waals surface area (Å²) >= 11 is 0. The molecule has 152 valence electrons. The van der Waals surface area contributed by atoms with Gasteiger partial charge in [-0.2, -0.15) is 13.2 Å². The third-order valence-electron chi connectivity index (χ3n) is 4.17. The minimum atomic E-state index is -4.58. The van der Waals surface area contributed by atoms with E-state index in [2.05, 4.69) is 0 Å². The van der Waals surface area contributed by atoms with Gasteiger partial charge in [-0.3, -0.25) is 0 Å². The van der Waals surface area contributed by atoms with Gasteiger partial charge in [0.05, 0.1) is 6.61 Å². The Labute approximate surface area is 167 Å². The first-order valence-electron chi connectivity index (χ1n) is 9.14. The topological polar surface area (TPSA) is 27.7 Å². The molecule has 0 amide bonds. The van der Waals surface area contributed by atoms with Crippen LogP contribution in [0.5, 0.6) is 11.5 Å². The molecule has 0 N–H and O–H groups in total. The maximum absolute atomic E-state index is 13.9. The van der Waals surface area contributed by atoms with Gasteiger partial charge in [-0.05, 0) is 29.8 Å². The van der Waals surface area contributed by atoms with Crippen molar-refractivity contribution in [3.63, 3.8) is 0 Å². The molecule has 0 aliphatic heterocycles. The minimum absolute atomic E-state index is 0.0176. The van der Waals surface area contributed by atoms with E-state index in [0.717, 1.165) is 5.56 Å². The van der Waals surface area contributed by atoms with Crippen LogP contribution in [0.25, 0.3) is 0 Å². The maximum Gasteiger partial charge on any atom is 0.401 e. The number of para-hydroxylation sites is 2. The lowest BCUT2D eigenvalue weighted by atomic mass is 10.1. The van der Waals surface area contributed by atoms with Crippen molar-refractivity contribution < 1.29 is 27.4 Å². The lowest BCUT2D eigenvalue weighted by molar-refractivity contribution is -0.253. The summed E-state index contributed by atoms with van der Waals surface area (Å²) in [5, 5.41) is 0. The number of hydrogen-bond donors (Lipinski definition) is 0. The Morgan fingerprint density at radius 3 is 1.76 bits per heavy atom. The molecule has 3 aromatic carbocycles. The van der Waals surface area contributed by atoms with Gasteiger partial charge >= 0.3 is 6.18 Å². The Hall–Kier alpha value is -2.99. The summed E-state index contributed by atoms with van der Waals surface area (Å²) in [6.07, 6.45) is -6.15. The van der Waals surface area contributed by atoms with Crippen molar-refractivity contribution in [3.05, 3.63) is 96.6 Å². The number of benzene rings is 3. The number of halogens is 3. The van der Waals surface area contributed by atoms with Crippen molar-refractivity contribution in [1.82, 2.24) is 0 Å². The first kappa shape index (κ1) is 20.7. The molecule has 3 nitrogen and oxygen atoms in total. The van der Waals surface area contributed by atoms with Crippen LogP contribution in [0.4, 0.5) is 13.2 Å². The molecule has 29 heavy (non-hydrogen) atoms. The summed E-state index contributed by atoms with van der Waals surface area (Å²) < 4.78 is 58.1. The first-order valence-corrected chi connectivity index (χ1v) is 9.14. The fourth-order valence-electron chi connectivity index (χ4n) is 2.65. The number of hydrogen-bond acceptors (Lipinski definition) is 3. The Morgan fingerprint density at radius 1 is 0.690 bits per heavy atom. The third-order valence-corrected chi connectivity index (χ3v) is 4.17. The highest BCUT2D eigenvalue weighted by Gasteiger charge is 2.47. The molecule has 0 aliphatic rings. The van der Waals surface area contributed by atoms with E-state index in [1.165, 1.54) is 0 Å². The van der Waals surface area contributed by atoms with Crippen LogP contribution in [0.2, 0.25) is 0 Å². The second-order valence-corrected chi connectivity index (χ2v) is 6.37. The summed E-state index contributed by atoms with van der Waals surface area (Å²) in [5.74, 6) is -1.34. The Bertz CT molecular complexity index is 840. The monoisotopic (exact) mass is 402 g/mol. The van der Waals surface area contributed by atoms with Crippen LogP contribution < -0.4 is 9.47 Å². The molecule has 3 aromatic rings. The average Bonchev–Trinajstić information content (AvgIpc) is 2.73. The van der Waals surface area contributed by atoms with Crippen LogP contribution in [0, 0.1) is 5.92 Å². The standard InChI is InChI=1S/C23H21F3O3/c24-23(25,26)21(17-27-19-12-6-2-7-13-19)22(29-20-14-8-3-9-15-20)28-16-18-10-4-1-5-11-18/h1-15,21-22H,16-17H2. The summed E-state index contributed by atoms with van der Waals surface area (Å²) in [6, 6.07) is 25.6. The molecule has 2 atom stereocenters. The quantitative estimate of drug-likeness (QED) is 0.419. The molecule has 3 rings (SSSR count). The molecular weight excluding hydrogens is 381 g/mol. The predicted octanol–water partition coefficient (Wildman–Crippen LogP) is 5.87. The maximum atomic E-state index is 13.9. The van der Waals surface area contributed by atoms with E-state index < -0.39 is 25.0 Å². The minimum Gasteiger partial charge on any atom is -0.493 e. The predicted molar refractivity (Wildman–Crippen MR) is 104 cm³/mol. The Balaban J connectivity index is 1.78. The molecule has 0 radical (unpaired) electrons. The molecule has 0 bridgehead atoms. The van der Waals surface area contributed by atoms with Crippen LogP contribution in [-0.2, 0) is 11.3 Å². The highest BCUT2D eigenvalue weighted by atomic mass is 19.4. The van der Waals surface area contributed by atoms with Crippen LogP contribution in [-0.4, -0.2) is 19.1 Å². The smallest absolute Gasteiger partial charge is 0.401 e. The van der Waals surface area contributed by atoms with Gasteiger partial charge in [0, 0.05) is 0 Å². The highest BCUT2D eigenvalue weighted by Crippen LogP contribution is 2.33. The molecule has 0 heterocycles. The summed E-state index contributed by atoms with van der Waals surface area (Å²) in [4.78, 5) is 0. The lowest BCUT2D eigenvalue weighted by Crippen LogP contribution is -2.43. The molecule has 0 aromatic heterocycles. The van der Waals surface area contributed by atoms with Crippen LogP contribution in [0.3, 0.4) is 0 Å². The van der Waals surface area contributed by atoms with E-state index in [0.29, 0.717) is 11.5 Å². The van der Waals surface area contributed by atoms with Crippen LogP contribution >= 0.6 is 0 Å². The van der Waals surface area contributed by atoms with E-state index in [-0.39, 0.29) is 6.61 Å². The molecule has 6 heteroatoms. The van der Waals surface area contributed by atoms with Gasteiger partial charge in [-0.25, -0.2) is 0 Å². The zero-order valence-corrected chi connectivity index (χ0v) is 15.6. The molecule has 2 unspecified atom stereocenters. The summed E-state index contributed by atoms with van der Waals surface area (Å²) in [7, 11) is 0. The fourth-order valence-corrected chi connectivity index (χ4v) is 2.65. The largest absolute Gasteiger partial charge is 0.493 e. The molecule has 0 fully saturated rings. The van der Waals surface area contributed by atoms with E-state index in [4.69, 9.17) is 14.2 Å². The van der Waals surface area contributed by atoms with Crippen molar-refractivity contribution >= 4 is 0 Å². The number of rotatable bonds is 9. The zero-order chi connectivity index (χ0) is 20.5. The second-order valence-electron chi connectivity index (χ2n) is 6.37. The van der Waals surface area contributed by atoms with E-state index in [9.17, 15) is 13.2 Å². The molecular formula is C23H21F3O3. The van der Waals surface area contributed by atoms with E-state index in [1.807, 2.05) is 6.07 Å². The Kier molecular flexibility index (Phi) is 7.14. The van der Waals surface area contributed by atoms with Crippen molar-refractivity contribution in [2.45, 2.75) is 19.1 Å². The Morgan fingerprint density at radius 2 is 1.21 bits per heavy atom. The van der Waals surface area contributed by atoms with Gasteiger partial charge < -0.3 is 14.2 Å². The van der Waals surface area contributed by atoms with Crippen LogP contribution in [0.1, 0.15) is 5.56 Å². The zero-order valence-electron chi connectivity index (χ0n) is 15.6. The van der Waals surface area contributed by atoms with Crippen molar-refractivity contribution in [2.24, 2.45) is 5.92 Å². The normalized spacial score (nSPS) is 13.5. The van der Waals surface area contributed by atoms with Gasteiger partial charge in [-0.1, -0.05) is 66.7 Å². The number of alkyl halides is 3. The first-order chi connectivity index (χ1) is 14.0. The lowest BCUT2D eigenvalue weighted by Gasteiger charge is -2.29. The van der Waals surface area contributed by atoms with Gasteiger partial charge in [0.15, 0.2) is 5.92 Å². The second kappa shape index (κ2) is 9.98. The van der Waals surface area contributed by atoms with E-state index in [1.54, 1.807) is 84.9 Å². The van der Waals surface area contributed by atoms with Gasteiger partial charge in [0.1, 0.15) is 18.1 Å². The average molecular weight is 402 g/mol. The van der Waals surface area contributed by atoms with Gasteiger partial charge in [-0.15, -0.1) is 0 Å². The third kappa shape index (κ3) is 6.54. The van der Waals surface area contributed by atoms with Crippen molar-refractivity contribution in [3.8, 4) is 11.5 Å². The summed E-state index contributed by atoms with van der Waals surface area (Å²) in [6.45, 7) is -0.643. The van der Waals surface area contributed by atoms with E-state index >= 15 is 0 Å². The SMILES string of the molecule is FC(F)(F)C(COc1ccccc1)C(OCc1ccccc1)Oc1ccccc1. The number of ether oxygens (including phenoxy) is 3. The highest BCUT2D eigenvalue weighted by molar-refractivity contribution is 5.22. The van der Waals surface area contributed by atoms with Crippen molar-refractivity contribution in [1.29, 1.82) is 0 Å². The van der Waals surface area contributed by atoms with Crippen molar-refractivity contribution in [2.75, 3.05) is 6.61 Å². The molecule has 0 spiro atoms. The van der Waals surface area contributed by atoms with Gasteiger partial charge in [0.25, 0.3) is 0 Å². The van der Waals surface area contributed by atoms with Gasteiger partial charge in [0.2, 0.25) is 6.29 Å². The molecule has 0 saturated carbocycles. The summed E-state index contributed by atoms with van der Waals surface area (Å²) in [5.41, 5.74) is 0.749. The molecule has 0 aliphatic carbocycles. The molecule has 0 saturated heterocycles. The van der Waals surface area contributed by atoms with Crippen LogP contribution in [0.15, 0.2) is 91.0 Å².